The maximum Gasteiger partial charge on any atom is 0.102 e. The maximum absolute atomic E-state index is 13.0. The van der Waals surface area contributed by atoms with Crippen molar-refractivity contribution < 1.29 is 4.39 Å². The third kappa shape index (κ3) is 1.72. The predicted octanol–water partition coefficient (Wildman–Crippen LogP) is 3.09. The summed E-state index contributed by atoms with van der Waals surface area (Å²) in [5.41, 5.74) is 8.07. The first-order chi connectivity index (χ1) is 7.09. The second-order valence-corrected chi connectivity index (χ2v) is 5.26. The Balaban J connectivity index is 2.40. The van der Waals surface area contributed by atoms with Crippen LogP contribution in [0.5, 0.6) is 0 Å². The standard InChI is InChI=1S/C12H15BrFN/c1-8-10(3-2-4-11(8)13)12(7-15)5-9(14)6-12/h2-4,9H,5-7,15H2,1H3. The van der Waals surface area contributed by atoms with Crippen LogP contribution in [-0.2, 0) is 5.41 Å². The average molecular weight is 272 g/mol. The predicted molar refractivity (Wildman–Crippen MR) is 63.7 cm³/mol. The number of nitrogens with two attached hydrogens (primary N) is 1. The Bertz CT molecular complexity index is 372. The number of alkyl halides is 1. The topological polar surface area (TPSA) is 26.0 Å². The van der Waals surface area contributed by atoms with E-state index in [-0.39, 0.29) is 5.41 Å². The minimum atomic E-state index is -0.674. The second-order valence-electron chi connectivity index (χ2n) is 4.40. The lowest BCUT2D eigenvalue weighted by Gasteiger charge is -2.45. The van der Waals surface area contributed by atoms with Crippen molar-refractivity contribution in [2.24, 2.45) is 5.73 Å². The Morgan fingerprint density at radius 2 is 2.20 bits per heavy atom. The van der Waals surface area contributed by atoms with E-state index in [0.717, 1.165) is 4.47 Å². The molecule has 0 aromatic heterocycles. The van der Waals surface area contributed by atoms with Crippen LogP contribution >= 0.6 is 15.9 Å². The highest BCUT2D eigenvalue weighted by molar-refractivity contribution is 9.10. The number of rotatable bonds is 2. The third-order valence-electron chi connectivity index (χ3n) is 3.45. The molecular formula is C12H15BrFN. The van der Waals surface area contributed by atoms with Gasteiger partial charge in [0.2, 0.25) is 0 Å². The summed E-state index contributed by atoms with van der Waals surface area (Å²) in [6, 6.07) is 6.07. The van der Waals surface area contributed by atoms with Gasteiger partial charge in [-0.3, -0.25) is 0 Å². The summed E-state index contributed by atoms with van der Waals surface area (Å²) in [6.45, 7) is 2.59. The van der Waals surface area contributed by atoms with E-state index in [1.807, 2.05) is 12.1 Å². The second kappa shape index (κ2) is 3.87. The van der Waals surface area contributed by atoms with E-state index in [0.29, 0.717) is 19.4 Å². The van der Waals surface area contributed by atoms with E-state index in [4.69, 9.17) is 5.73 Å². The average Bonchev–Trinajstić information content (AvgIpc) is 2.17. The van der Waals surface area contributed by atoms with E-state index in [1.165, 1.54) is 11.1 Å². The van der Waals surface area contributed by atoms with Gasteiger partial charge in [0.1, 0.15) is 6.17 Å². The summed E-state index contributed by atoms with van der Waals surface area (Å²) < 4.78 is 14.1. The van der Waals surface area contributed by atoms with Gasteiger partial charge >= 0.3 is 0 Å². The monoisotopic (exact) mass is 271 g/mol. The van der Waals surface area contributed by atoms with Crippen LogP contribution < -0.4 is 5.73 Å². The third-order valence-corrected chi connectivity index (χ3v) is 4.31. The molecule has 0 aliphatic heterocycles. The molecule has 0 radical (unpaired) electrons. The molecule has 82 valence electrons. The Labute approximate surface area is 98.0 Å². The highest BCUT2D eigenvalue weighted by Gasteiger charge is 2.45. The molecule has 0 amide bonds. The minimum absolute atomic E-state index is 0.118. The van der Waals surface area contributed by atoms with E-state index < -0.39 is 6.17 Å². The quantitative estimate of drug-likeness (QED) is 0.879. The first-order valence-corrected chi connectivity index (χ1v) is 5.98. The Morgan fingerprint density at radius 3 is 2.73 bits per heavy atom. The number of hydrogen-bond donors (Lipinski definition) is 1. The van der Waals surface area contributed by atoms with Crippen LogP contribution in [0.1, 0.15) is 24.0 Å². The molecule has 0 atom stereocenters. The van der Waals surface area contributed by atoms with Crippen LogP contribution in [0.2, 0.25) is 0 Å². The summed E-state index contributed by atoms with van der Waals surface area (Å²) in [6.07, 6.45) is 0.466. The first-order valence-electron chi connectivity index (χ1n) is 5.19. The summed E-state index contributed by atoms with van der Waals surface area (Å²) in [5.74, 6) is 0. The molecule has 0 bridgehead atoms. The van der Waals surface area contributed by atoms with Crippen molar-refractivity contribution in [3.63, 3.8) is 0 Å². The van der Waals surface area contributed by atoms with Crippen molar-refractivity contribution in [3.8, 4) is 0 Å². The van der Waals surface area contributed by atoms with Gasteiger partial charge in [-0.25, -0.2) is 4.39 Å². The molecule has 2 rings (SSSR count). The SMILES string of the molecule is Cc1c(Br)cccc1C1(CN)CC(F)C1. The van der Waals surface area contributed by atoms with Crippen molar-refractivity contribution in [1.82, 2.24) is 0 Å². The molecule has 15 heavy (non-hydrogen) atoms. The van der Waals surface area contributed by atoms with Crippen molar-refractivity contribution in [2.75, 3.05) is 6.54 Å². The van der Waals surface area contributed by atoms with Crippen LogP contribution in [0.15, 0.2) is 22.7 Å². The molecule has 1 nitrogen and oxygen atoms in total. The van der Waals surface area contributed by atoms with Gasteiger partial charge in [0.05, 0.1) is 0 Å². The molecule has 2 N–H and O–H groups in total. The number of benzene rings is 1. The Hall–Kier alpha value is -0.410. The van der Waals surface area contributed by atoms with Gasteiger partial charge in [-0.05, 0) is 37.0 Å². The molecule has 1 fully saturated rings. The lowest BCUT2D eigenvalue weighted by Crippen LogP contribution is -2.48. The van der Waals surface area contributed by atoms with Gasteiger partial charge in [-0.1, -0.05) is 28.1 Å². The molecule has 1 saturated carbocycles. The number of hydrogen-bond acceptors (Lipinski definition) is 1. The molecule has 0 heterocycles. The summed E-state index contributed by atoms with van der Waals surface area (Å²) in [5, 5.41) is 0. The zero-order chi connectivity index (χ0) is 11.1. The minimum Gasteiger partial charge on any atom is -0.330 e. The molecule has 1 aromatic rings. The van der Waals surface area contributed by atoms with E-state index in [2.05, 4.69) is 28.9 Å². The number of halogens is 2. The van der Waals surface area contributed by atoms with Gasteiger partial charge < -0.3 is 5.73 Å². The zero-order valence-electron chi connectivity index (χ0n) is 8.76. The molecule has 1 aliphatic carbocycles. The van der Waals surface area contributed by atoms with Crippen molar-refractivity contribution in [1.29, 1.82) is 0 Å². The van der Waals surface area contributed by atoms with E-state index >= 15 is 0 Å². The normalized spacial score (nSPS) is 30.0. The van der Waals surface area contributed by atoms with Gasteiger partial charge in [0, 0.05) is 16.4 Å². The highest BCUT2D eigenvalue weighted by atomic mass is 79.9. The first kappa shape index (κ1) is 11.1. The fourth-order valence-corrected chi connectivity index (χ4v) is 2.83. The highest BCUT2D eigenvalue weighted by Crippen LogP contribution is 2.46. The molecule has 3 heteroatoms. The van der Waals surface area contributed by atoms with Crippen LogP contribution in [0.3, 0.4) is 0 Å². The zero-order valence-corrected chi connectivity index (χ0v) is 10.3. The van der Waals surface area contributed by atoms with Crippen molar-refractivity contribution >= 4 is 15.9 Å². The molecule has 0 saturated heterocycles. The summed E-state index contributed by atoms with van der Waals surface area (Å²) in [4.78, 5) is 0. The van der Waals surface area contributed by atoms with Gasteiger partial charge in [-0.15, -0.1) is 0 Å². The smallest absolute Gasteiger partial charge is 0.102 e. The summed E-state index contributed by atoms with van der Waals surface area (Å²) in [7, 11) is 0. The largest absolute Gasteiger partial charge is 0.330 e. The maximum atomic E-state index is 13.0. The van der Waals surface area contributed by atoms with Gasteiger partial charge in [-0.2, -0.15) is 0 Å². The molecule has 1 aliphatic rings. The molecular weight excluding hydrogens is 257 g/mol. The van der Waals surface area contributed by atoms with Crippen LogP contribution in [-0.4, -0.2) is 12.7 Å². The summed E-state index contributed by atoms with van der Waals surface area (Å²) >= 11 is 3.50. The van der Waals surface area contributed by atoms with Crippen molar-refractivity contribution in [2.45, 2.75) is 31.4 Å². The fourth-order valence-electron chi connectivity index (χ4n) is 2.47. The van der Waals surface area contributed by atoms with Crippen LogP contribution in [0.25, 0.3) is 0 Å². The molecule has 1 aromatic carbocycles. The van der Waals surface area contributed by atoms with Gasteiger partial charge in [0.15, 0.2) is 0 Å². The van der Waals surface area contributed by atoms with Gasteiger partial charge in [0.25, 0.3) is 0 Å². The van der Waals surface area contributed by atoms with Crippen molar-refractivity contribution in [3.05, 3.63) is 33.8 Å². The fraction of sp³-hybridized carbons (Fsp3) is 0.500. The van der Waals surface area contributed by atoms with Crippen LogP contribution in [0, 0.1) is 6.92 Å². The molecule has 0 unspecified atom stereocenters. The Kier molecular flexibility index (Phi) is 2.86. The van der Waals surface area contributed by atoms with E-state index in [9.17, 15) is 4.39 Å². The Morgan fingerprint density at radius 1 is 1.53 bits per heavy atom. The van der Waals surface area contributed by atoms with Crippen LogP contribution in [0.4, 0.5) is 4.39 Å². The van der Waals surface area contributed by atoms with E-state index in [1.54, 1.807) is 0 Å². The lowest BCUT2D eigenvalue weighted by atomic mass is 9.62. The molecule has 0 spiro atoms. The lowest BCUT2D eigenvalue weighted by molar-refractivity contribution is 0.0992.